The van der Waals surface area contributed by atoms with Crippen LogP contribution in [0.4, 0.5) is 11.4 Å². The van der Waals surface area contributed by atoms with Gasteiger partial charge in [-0.3, -0.25) is 24.4 Å². The molecule has 0 bridgehead atoms. The molecule has 12 nitrogen and oxygen atoms in total. The van der Waals surface area contributed by atoms with Crippen LogP contribution in [0.15, 0.2) is 115 Å². The number of carbonyl (C=O) groups excluding carboxylic acids is 1. The molecule has 1 radical (unpaired) electrons. The Hall–Kier alpha value is -6.30. The van der Waals surface area contributed by atoms with E-state index >= 15 is 0 Å². The molecule has 8 rings (SSSR count). The number of allylic oxidation sites excluding steroid dienone is 2. The van der Waals surface area contributed by atoms with Gasteiger partial charge in [0.25, 0.3) is 11.3 Å². The third-order valence-corrected chi connectivity index (χ3v) is 9.95. The van der Waals surface area contributed by atoms with Crippen LogP contribution in [0, 0.1) is 12.1 Å². The van der Waals surface area contributed by atoms with Gasteiger partial charge < -0.3 is 32.9 Å². The van der Waals surface area contributed by atoms with E-state index in [-0.39, 0.29) is 31.6 Å². The number of anilines is 2. The molecule has 4 aromatic heterocycles. The van der Waals surface area contributed by atoms with Gasteiger partial charge >= 0.3 is 0 Å². The van der Waals surface area contributed by atoms with Gasteiger partial charge in [0.05, 0.1) is 50.6 Å². The first kappa shape index (κ1) is 44.8. The van der Waals surface area contributed by atoms with Crippen molar-refractivity contribution in [3.05, 3.63) is 130 Å². The summed E-state index contributed by atoms with van der Waals surface area (Å²) in [6.45, 7) is 14.8. The van der Waals surface area contributed by atoms with Gasteiger partial charge in [0.1, 0.15) is 0 Å². The van der Waals surface area contributed by atoms with Crippen molar-refractivity contribution >= 4 is 61.2 Å². The minimum Gasteiger partial charge on any atom is -0.512 e. The fraction of sp³-hybridized carbons (Fsp3) is 0.255. The zero-order chi connectivity index (χ0) is 42.4. The molecule has 313 valence electrons. The molecule has 0 amide bonds. The molecule has 4 aromatic carbocycles. The van der Waals surface area contributed by atoms with Crippen molar-refractivity contribution in [3.63, 3.8) is 0 Å². The Morgan fingerprint density at radius 1 is 0.667 bits per heavy atom. The Labute approximate surface area is 361 Å². The predicted molar refractivity (Wildman–Crippen MR) is 236 cm³/mol. The van der Waals surface area contributed by atoms with Crippen molar-refractivity contribution in [2.45, 2.75) is 41.5 Å². The molecular formula is C47H48IrN6O6-2. The van der Waals surface area contributed by atoms with Crippen LogP contribution < -0.4 is 21.1 Å². The van der Waals surface area contributed by atoms with Crippen molar-refractivity contribution in [1.82, 2.24) is 19.1 Å². The summed E-state index contributed by atoms with van der Waals surface area (Å²) < 4.78 is 15.0. The fourth-order valence-electron chi connectivity index (χ4n) is 6.97. The van der Waals surface area contributed by atoms with Gasteiger partial charge in [-0.1, -0.05) is 47.2 Å². The Morgan fingerprint density at radius 2 is 1.05 bits per heavy atom. The summed E-state index contributed by atoms with van der Waals surface area (Å²) in [6, 6.07) is 33.7. The first-order valence-corrected chi connectivity index (χ1v) is 19.6. The molecule has 0 aliphatic carbocycles. The summed E-state index contributed by atoms with van der Waals surface area (Å²) in [4.78, 5) is 48.8. The van der Waals surface area contributed by atoms with Crippen LogP contribution in [0.5, 0.6) is 0 Å². The van der Waals surface area contributed by atoms with Crippen LogP contribution in [-0.4, -0.2) is 56.2 Å². The Kier molecular flexibility index (Phi) is 14.7. The number of benzene rings is 4. The number of hydrogen-bond acceptors (Lipinski definition) is 10. The maximum Gasteiger partial charge on any atom is 0.269 e. The van der Waals surface area contributed by atoms with Crippen LogP contribution in [0.3, 0.4) is 0 Å². The van der Waals surface area contributed by atoms with Crippen molar-refractivity contribution in [2.75, 3.05) is 36.0 Å². The monoisotopic (exact) mass is 985 g/mol. The van der Waals surface area contributed by atoms with E-state index in [2.05, 4.69) is 59.6 Å². The summed E-state index contributed by atoms with van der Waals surface area (Å²) in [5.74, 6) is 1.07. The molecule has 1 N–H and O–H groups in total. The molecular weight excluding hydrogens is 937 g/mol. The van der Waals surface area contributed by atoms with Crippen molar-refractivity contribution < 1.29 is 38.8 Å². The van der Waals surface area contributed by atoms with E-state index in [9.17, 15) is 14.4 Å². The SMILES string of the molecule is CC(=O)/C=C(/C)O.CCN(CC)c1ccc2[c-]c(-c3nc4ccccc4n3C)c(=O)oc2c1.CCN(CC)c1ccc2[c-]c(-c3nc4ccccc4n3C)c(=O)oc2c1.[Ir]. The number of rotatable bonds is 9. The van der Waals surface area contributed by atoms with E-state index in [0.717, 1.165) is 70.4 Å². The van der Waals surface area contributed by atoms with E-state index in [1.54, 1.807) is 0 Å². The predicted octanol–water partition coefficient (Wildman–Crippen LogP) is 9.02. The zero-order valence-corrected chi connectivity index (χ0v) is 37.4. The molecule has 0 atom stereocenters. The summed E-state index contributed by atoms with van der Waals surface area (Å²) in [7, 11) is 3.79. The molecule has 0 unspecified atom stereocenters. The average molecular weight is 985 g/mol. The van der Waals surface area contributed by atoms with Gasteiger partial charge in [0.2, 0.25) is 0 Å². The minimum atomic E-state index is -0.424. The molecule has 0 saturated heterocycles. The minimum absolute atomic E-state index is 0. The average Bonchev–Trinajstić information content (AvgIpc) is 3.74. The Morgan fingerprint density at radius 3 is 1.37 bits per heavy atom. The van der Waals surface area contributed by atoms with Gasteiger partial charge in [-0.2, -0.15) is 0 Å². The van der Waals surface area contributed by atoms with Gasteiger partial charge in [-0.15, -0.1) is 24.3 Å². The third kappa shape index (κ3) is 9.59. The van der Waals surface area contributed by atoms with Crippen molar-refractivity contribution in [3.8, 4) is 22.8 Å². The van der Waals surface area contributed by atoms with Crippen LogP contribution in [0.2, 0.25) is 0 Å². The molecule has 0 fully saturated rings. The molecule has 4 heterocycles. The van der Waals surface area contributed by atoms with Crippen LogP contribution in [0.25, 0.3) is 66.8 Å². The molecule has 13 heteroatoms. The van der Waals surface area contributed by atoms with E-state index < -0.39 is 11.3 Å². The number of aromatic nitrogens is 4. The first-order valence-electron chi connectivity index (χ1n) is 19.6. The molecule has 0 saturated carbocycles. The number of carbonyl (C=O) groups is 1. The maximum absolute atomic E-state index is 12.6. The van der Waals surface area contributed by atoms with Gasteiger partial charge in [0.15, 0.2) is 5.78 Å². The first-order chi connectivity index (χ1) is 28.4. The Bertz CT molecular complexity index is 2750. The summed E-state index contributed by atoms with van der Waals surface area (Å²) in [5, 5.41) is 9.90. The molecule has 0 spiro atoms. The molecule has 60 heavy (non-hydrogen) atoms. The number of ketones is 1. The van der Waals surface area contributed by atoms with Crippen molar-refractivity contribution in [1.29, 1.82) is 0 Å². The topological polar surface area (TPSA) is 140 Å². The van der Waals surface area contributed by atoms with E-state index in [1.807, 2.05) is 108 Å². The number of imidazole rings is 2. The Balaban J connectivity index is 0.000000194. The van der Waals surface area contributed by atoms with Crippen LogP contribution in [-0.2, 0) is 39.0 Å². The van der Waals surface area contributed by atoms with Crippen LogP contribution in [0.1, 0.15) is 41.5 Å². The number of hydrogen-bond donors (Lipinski definition) is 1. The molecule has 8 aromatic rings. The standard InChI is InChI=1S/2C21H20N3O2.C5H8O2.Ir/c2*1-4-24(5-2)15-11-10-14-12-16(21(25)26-19(14)13-15)20-22-17-8-6-7-9-18(17)23(20)3;1-4(6)3-5(2)7;/h2*6-11,13H,4-5H2,1-3H3;3,6H,1-2H3;/q2*-1;;/b;;4-3-;. The van der Waals surface area contributed by atoms with E-state index in [4.69, 9.17) is 13.9 Å². The molecule has 0 aliphatic rings. The number of nitrogens with zero attached hydrogens (tertiary/aromatic N) is 6. The quantitative estimate of drug-likeness (QED) is 0.0645. The van der Waals surface area contributed by atoms with E-state index in [1.165, 1.54) is 19.9 Å². The number of fused-ring (bicyclic) bond motifs is 4. The van der Waals surface area contributed by atoms with Crippen LogP contribution >= 0.6 is 0 Å². The van der Waals surface area contributed by atoms with Gasteiger partial charge in [-0.05, 0) is 77.9 Å². The zero-order valence-electron chi connectivity index (χ0n) is 35.0. The second kappa shape index (κ2) is 19.6. The second-order valence-corrected chi connectivity index (χ2v) is 13.8. The number of aliphatic hydroxyl groups is 1. The maximum atomic E-state index is 12.6. The van der Waals surface area contributed by atoms with Gasteiger partial charge in [-0.25, -0.2) is 0 Å². The van der Waals surface area contributed by atoms with Gasteiger partial charge in [0, 0.05) is 89.0 Å². The van der Waals surface area contributed by atoms with Crippen molar-refractivity contribution in [2.24, 2.45) is 14.1 Å². The second-order valence-electron chi connectivity index (χ2n) is 13.8. The molecule has 0 aliphatic heterocycles. The summed E-state index contributed by atoms with van der Waals surface area (Å²) >= 11 is 0. The largest absolute Gasteiger partial charge is 0.512 e. The number of para-hydroxylation sites is 4. The normalized spacial score (nSPS) is 11.2. The number of aryl methyl sites for hydroxylation is 2. The van der Waals surface area contributed by atoms with E-state index in [0.29, 0.717) is 33.9 Å². The number of aliphatic hydroxyl groups excluding tert-OH is 1. The third-order valence-electron chi connectivity index (χ3n) is 9.95. The summed E-state index contributed by atoms with van der Waals surface area (Å²) in [6.07, 6.45) is 1.17. The smallest absolute Gasteiger partial charge is 0.269 e. The fourth-order valence-corrected chi connectivity index (χ4v) is 6.97. The summed E-state index contributed by atoms with van der Waals surface area (Å²) in [5.41, 5.74) is 6.63.